The number of amides is 1. The maximum absolute atomic E-state index is 16.7. The SMILES string of the molecule is CC[C@]1(O)C(=O)OCc2c1cc1n(c2=O)Cc2c-1nc1ccccc1c2C=NCc1ccc(C(=O)O[C@H]2C[C@H]3OC[C@@]3(OC(C)=O)C3C(OC(=O)c4ccccc4)[C@]4(O)C[C@H](OC(=O)[C@H](O)[C@@H](NC(=O)c5ccccc5)c5ccccc5)C(C)=C([C@@H](OC(C)=O)C(=O)[C@@]32C)C4(C)C)cc1. The highest BCUT2D eigenvalue weighted by Gasteiger charge is 2.79. The van der Waals surface area contributed by atoms with Crippen LogP contribution in [0.15, 0.2) is 167 Å². The molecule has 1 amide bonds. The molecular weight excluding hydrogens is 1270 g/mol. The molecule has 1 saturated heterocycles. The topological polar surface area (TPSA) is 321 Å². The van der Waals surface area contributed by atoms with E-state index in [0.717, 1.165) is 19.2 Å². The second kappa shape index (κ2) is 25.5. The van der Waals surface area contributed by atoms with E-state index in [-0.39, 0.29) is 71.5 Å². The van der Waals surface area contributed by atoms with Crippen LogP contribution in [0.5, 0.6) is 0 Å². The Morgan fingerprint density at radius 2 is 1.41 bits per heavy atom. The molecule has 4 N–H and O–H groups in total. The number of aliphatic imine (C=N–C) groups is 1. The lowest BCUT2D eigenvalue weighted by Crippen LogP contribution is -2.82. The summed E-state index contributed by atoms with van der Waals surface area (Å²) in [7, 11) is 0. The lowest BCUT2D eigenvalue weighted by Gasteiger charge is -2.67. The number of nitrogens with one attached hydrogen (secondary N) is 1. The summed E-state index contributed by atoms with van der Waals surface area (Å²) in [6.07, 6.45) is -9.79. The summed E-state index contributed by atoms with van der Waals surface area (Å²) in [5.74, 6) is -9.20. The summed E-state index contributed by atoms with van der Waals surface area (Å²) in [6, 6.07) is 38.0. The summed E-state index contributed by atoms with van der Waals surface area (Å²) >= 11 is 0. The first-order chi connectivity index (χ1) is 47.2. The highest BCUT2D eigenvalue weighted by atomic mass is 16.6. The molecule has 3 aliphatic heterocycles. The van der Waals surface area contributed by atoms with Crippen molar-refractivity contribution in [2.75, 3.05) is 6.61 Å². The smallest absolute Gasteiger partial charge is 0.343 e. The number of pyridine rings is 2. The number of rotatable bonds is 16. The van der Waals surface area contributed by atoms with Crippen molar-refractivity contribution < 1.29 is 86.8 Å². The van der Waals surface area contributed by atoms with Crippen LogP contribution in [-0.2, 0) is 82.4 Å². The Kier molecular flexibility index (Phi) is 17.3. The number of ether oxygens (including phenoxy) is 7. The molecule has 2 saturated carbocycles. The van der Waals surface area contributed by atoms with Crippen molar-refractivity contribution in [3.05, 3.63) is 217 Å². The molecule has 7 aromatic rings. The molecule has 23 heteroatoms. The van der Waals surface area contributed by atoms with Gasteiger partial charge in [-0.25, -0.2) is 24.2 Å². The minimum absolute atomic E-state index is 0.000939. The molecule has 12 atom stereocenters. The van der Waals surface area contributed by atoms with Gasteiger partial charge in [-0.2, -0.15) is 0 Å². The molecule has 0 radical (unpaired) electrons. The fourth-order valence-electron chi connectivity index (χ4n) is 15.7. The van der Waals surface area contributed by atoms with Gasteiger partial charge in [0, 0.05) is 66.0 Å². The van der Waals surface area contributed by atoms with Crippen LogP contribution >= 0.6 is 0 Å². The Balaban J connectivity index is 0.850. The number of carbonyl (C=O) groups is 8. The van der Waals surface area contributed by atoms with E-state index in [2.05, 4.69) is 5.32 Å². The molecule has 13 rings (SSSR count). The van der Waals surface area contributed by atoms with E-state index in [1.807, 2.05) is 24.3 Å². The van der Waals surface area contributed by atoms with E-state index >= 15 is 4.79 Å². The molecule has 3 aliphatic carbocycles. The number of Topliss-reactive ketones (excluding diaryl/α,β-unsaturated/α-hetero) is 1. The van der Waals surface area contributed by atoms with Crippen LogP contribution in [0.4, 0.5) is 0 Å². The summed E-state index contributed by atoms with van der Waals surface area (Å²) < 4.78 is 45.0. The largest absolute Gasteiger partial charge is 0.458 e. The van der Waals surface area contributed by atoms with Crippen LogP contribution < -0.4 is 10.9 Å². The monoisotopic (exact) mass is 1340 g/mol. The maximum Gasteiger partial charge on any atom is 0.343 e. The van der Waals surface area contributed by atoms with Crippen LogP contribution in [-0.4, -0.2) is 133 Å². The summed E-state index contributed by atoms with van der Waals surface area (Å²) in [6.45, 7) is 9.33. The third-order valence-electron chi connectivity index (χ3n) is 21.0. The van der Waals surface area contributed by atoms with E-state index in [1.165, 1.54) is 38.1 Å². The first-order valence-electron chi connectivity index (χ1n) is 32.7. The van der Waals surface area contributed by atoms with Gasteiger partial charge in [0.1, 0.15) is 36.6 Å². The number of cyclic esters (lactones) is 1. The Hall–Kier alpha value is -10.3. The van der Waals surface area contributed by atoms with Crippen molar-refractivity contribution in [2.45, 2.75) is 147 Å². The number of hydrogen-bond acceptors (Lipinski definition) is 21. The molecule has 2 aromatic heterocycles. The number of fused-ring (bicyclic) bond motifs is 10. The highest BCUT2D eigenvalue weighted by Crippen LogP contribution is 2.65. The van der Waals surface area contributed by atoms with E-state index in [0.29, 0.717) is 39.2 Å². The van der Waals surface area contributed by atoms with Crippen LogP contribution in [0.3, 0.4) is 0 Å². The van der Waals surface area contributed by atoms with Gasteiger partial charge in [0.15, 0.2) is 29.2 Å². The Labute approximate surface area is 567 Å². The lowest BCUT2D eigenvalue weighted by molar-refractivity contribution is -0.345. The summed E-state index contributed by atoms with van der Waals surface area (Å²) in [4.78, 5) is 139. The van der Waals surface area contributed by atoms with Gasteiger partial charge in [-0.05, 0) is 91.1 Å². The number of nitrogens with zero attached hydrogens (tertiary/aromatic N) is 3. The second-order valence-electron chi connectivity index (χ2n) is 26.9. The maximum atomic E-state index is 16.7. The third kappa shape index (κ3) is 11.2. The number of aromatic nitrogens is 2. The average molecular weight is 1350 g/mol. The standard InChI is InChI=1S/C76H72N4O19/c1-8-74(91)52-32-54-60-50(37-80(54)67(86)51(52)38-93-71(74)90)49(48-26-18-19-27-53(48)78-60)36-77-35-43-28-30-47(31-29-43)68(87)97-56-33-57-75(39-94-57,99-42(4)82)63-65(98-69(88)46-24-16-11-17-25-46)76(92)34-55(40(2)58(72(76,5)6)62(95-41(3)81)64(84)73(56,63)7)96-70(89)61(83)59(44-20-12-9-13-21-44)79-66(85)45-22-14-10-15-23-45/h9-32,36,55-57,59,61-63,65,83,91-92H,8,33-35,37-39H2,1-7H3,(H,79,85)/t55-,56-,57+,59-,61+,62+,63?,65?,73+,74+,75-,76+/m0/s1. The zero-order valence-electron chi connectivity index (χ0n) is 55.2. The quantitative estimate of drug-likeness (QED) is 0.0313. The number of hydrogen-bond donors (Lipinski definition) is 4. The Morgan fingerprint density at radius 1 is 0.778 bits per heavy atom. The van der Waals surface area contributed by atoms with Crippen molar-refractivity contribution >= 4 is 64.6 Å². The Bertz CT molecular complexity index is 4610. The number of aliphatic hydroxyl groups excluding tert-OH is 1. The van der Waals surface area contributed by atoms with E-state index in [4.69, 9.17) is 43.1 Å². The van der Waals surface area contributed by atoms with Gasteiger partial charge in [0.05, 0.1) is 70.7 Å². The number of aliphatic hydroxyl groups is 3. The normalized spacial score (nSPS) is 26.8. The van der Waals surface area contributed by atoms with Crippen LogP contribution in [0.1, 0.15) is 138 Å². The van der Waals surface area contributed by atoms with Crippen molar-refractivity contribution in [3.63, 3.8) is 0 Å². The van der Waals surface area contributed by atoms with Gasteiger partial charge in [-0.15, -0.1) is 0 Å². The number of ketones is 1. The predicted octanol–water partition coefficient (Wildman–Crippen LogP) is 7.61. The van der Waals surface area contributed by atoms with Crippen molar-refractivity contribution in [1.82, 2.24) is 14.9 Å². The van der Waals surface area contributed by atoms with Crippen molar-refractivity contribution in [2.24, 2.45) is 21.7 Å². The molecule has 510 valence electrons. The second-order valence-corrected chi connectivity index (χ2v) is 26.9. The first-order valence-corrected chi connectivity index (χ1v) is 32.7. The minimum atomic E-state index is -2.55. The van der Waals surface area contributed by atoms with Gasteiger partial charge < -0.3 is 58.4 Å². The fourth-order valence-corrected chi connectivity index (χ4v) is 15.7. The van der Waals surface area contributed by atoms with Crippen LogP contribution in [0.2, 0.25) is 0 Å². The third-order valence-corrected chi connectivity index (χ3v) is 21.0. The summed E-state index contributed by atoms with van der Waals surface area (Å²) in [5.41, 5.74) is -6.53. The molecule has 3 fully saturated rings. The molecule has 5 heterocycles. The van der Waals surface area contributed by atoms with Crippen LogP contribution in [0.25, 0.3) is 22.3 Å². The molecule has 2 bridgehead atoms. The van der Waals surface area contributed by atoms with Crippen molar-refractivity contribution in [1.29, 1.82) is 0 Å². The molecular formula is C76H72N4O19. The molecule has 2 unspecified atom stereocenters. The number of para-hydroxylation sites is 1. The van der Waals surface area contributed by atoms with Gasteiger partial charge in [-0.3, -0.25) is 29.0 Å². The average Bonchev–Trinajstić information content (AvgIpc) is 1.09. The Morgan fingerprint density at radius 3 is 2.06 bits per heavy atom. The number of benzene rings is 5. The van der Waals surface area contributed by atoms with E-state index in [9.17, 15) is 53.7 Å². The van der Waals surface area contributed by atoms with E-state index in [1.54, 1.807) is 129 Å². The fraction of sp³-hybridized carbons (Fsp3) is 0.355. The van der Waals surface area contributed by atoms with Gasteiger partial charge in [0.25, 0.3) is 11.5 Å². The van der Waals surface area contributed by atoms with Crippen molar-refractivity contribution in [3.8, 4) is 11.4 Å². The molecule has 99 heavy (non-hydrogen) atoms. The molecule has 0 spiro atoms. The zero-order chi connectivity index (χ0) is 70.3. The van der Waals surface area contributed by atoms with Gasteiger partial charge in [0.2, 0.25) is 0 Å². The zero-order valence-corrected chi connectivity index (χ0v) is 55.2. The lowest BCUT2D eigenvalue weighted by atomic mass is 9.44. The van der Waals surface area contributed by atoms with E-state index < -0.39 is 142 Å². The minimum Gasteiger partial charge on any atom is -0.458 e. The van der Waals surface area contributed by atoms with Gasteiger partial charge >= 0.3 is 35.8 Å². The first kappa shape index (κ1) is 67.2. The highest BCUT2D eigenvalue weighted by molar-refractivity contribution is 6.03. The number of esters is 6. The van der Waals surface area contributed by atoms with Crippen LogP contribution in [0, 0.1) is 16.7 Å². The number of carbonyl (C=O) groups excluding carboxylic acids is 8. The van der Waals surface area contributed by atoms with Gasteiger partial charge in [-0.1, -0.05) is 118 Å². The molecule has 6 aliphatic rings. The summed E-state index contributed by atoms with van der Waals surface area (Å²) in [5, 5.41) is 41.4. The predicted molar refractivity (Wildman–Crippen MR) is 353 cm³/mol. The molecule has 23 nitrogen and oxygen atoms in total. The molecule has 5 aromatic carbocycles.